The van der Waals surface area contributed by atoms with E-state index in [2.05, 4.69) is 5.32 Å². The van der Waals surface area contributed by atoms with E-state index in [-0.39, 0.29) is 5.69 Å². The fourth-order valence-corrected chi connectivity index (χ4v) is 2.13. The average molecular weight is 311 g/mol. The fraction of sp³-hybridized carbons (Fsp3) is 0.143. The minimum absolute atomic E-state index is 0.0968. The van der Waals surface area contributed by atoms with Crippen LogP contribution in [0.4, 0.5) is 11.4 Å². The van der Waals surface area contributed by atoms with Crippen molar-refractivity contribution in [3.8, 4) is 0 Å². The molecule has 104 valence electrons. The van der Waals surface area contributed by atoms with Crippen LogP contribution >= 0.6 is 23.2 Å². The van der Waals surface area contributed by atoms with E-state index in [1.54, 1.807) is 18.2 Å². The highest BCUT2D eigenvalue weighted by Gasteiger charge is 2.05. The van der Waals surface area contributed by atoms with E-state index >= 15 is 0 Å². The predicted octanol–water partition coefficient (Wildman–Crippen LogP) is 4.56. The molecule has 6 heteroatoms. The number of nitrogens with one attached hydrogen (secondary N) is 1. The SMILES string of the molecule is O=[N+]([O-])c1ccc(CCNc2cccc(Cl)c2Cl)cc1. The van der Waals surface area contributed by atoms with Crippen LogP contribution in [0.25, 0.3) is 0 Å². The molecule has 0 aliphatic heterocycles. The molecule has 0 atom stereocenters. The van der Waals surface area contributed by atoms with Gasteiger partial charge in [0.2, 0.25) is 0 Å². The molecule has 0 amide bonds. The topological polar surface area (TPSA) is 55.2 Å². The van der Waals surface area contributed by atoms with Gasteiger partial charge in [0.05, 0.1) is 20.7 Å². The second kappa shape index (κ2) is 6.59. The molecule has 0 fully saturated rings. The van der Waals surface area contributed by atoms with Gasteiger partial charge < -0.3 is 5.32 Å². The lowest BCUT2D eigenvalue weighted by Crippen LogP contribution is -2.05. The zero-order valence-electron chi connectivity index (χ0n) is 10.5. The maximum atomic E-state index is 10.5. The molecule has 2 rings (SSSR count). The van der Waals surface area contributed by atoms with Crippen LogP contribution < -0.4 is 5.32 Å². The number of nitrogens with zero attached hydrogens (tertiary/aromatic N) is 1. The minimum atomic E-state index is -0.409. The van der Waals surface area contributed by atoms with Crippen molar-refractivity contribution < 1.29 is 4.92 Å². The molecule has 0 aromatic heterocycles. The molecule has 0 spiro atoms. The number of hydrogen-bond donors (Lipinski definition) is 1. The van der Waals surface area contributed by atoms with Gasteiger partial charge in [-0.05, 0) is 24.1 Å². The summed E-state index contributed by atoms with van der Waals surface area (Å²) in [7, 11) is 0. The Morgan fingerprint density at radius 2 is 1.80 bits per heavy atom. The van der Waals surface area contributed by atoms with Crippen LogP contribution in [-0.4, -0.2) is 11.5 Å². The lowest BCUT2D eigenvalue weighted by molar-refractivity contribution is -0.384. The van der Waals surface area contributed by atoms with Crippen LogP contribution in [0, 0.1) is 10.1 Å². The van der Waals surface area contributed by atoms with E-state index < -0.39 is 4.92 Å². The van der Waals surface area contributed by atoms with E-state index in [9.17, 15) is 10.1 Å². The van der Waals surface area contributed by atoms with Gasteiger partial charge in [0.15, 0.2) is 0 Å². The Morgan fingerprint density at radius 3 is 2.45 bits per heavy atom. The maximum absolute atomic E-state index is 10.5. The Bertz CT molecular complexity index is 615. The van der Waals surface area contributed by atoms with Crippen LogP contribution in [0.15, 0.2) is 42.5 Å². The molecule has 0 unspecified atom stereocenters. The number of halogens is 2. The summed E-state index contributed by atoms with van der Waals surface area (Å²) in [6.45, 7) is 0.665. The van der Waals surface area contributed by atoms with Crippen molar-refractivity contribution in [3.05, 3.63) is 68.2 Å². The molecule has 2 aromatic rings. The minimum Gasteiger partial charge on any atom is -0.383 e. The highest BCUT2D eigenvalue weighted by atomic mass is 35.5. The van der Waals surface area contributed by atoms with Crippen molar-refractivity contribution in [1.82, 2.24) is 0 Å². The summed E-state index contributed by atoms with van der Waals surface area (Å²) < 4.78 is 0. The summed E-state index contributed by atoms with van der Waals surface area (Å²) in [5, 5.41) is 14.7. The quantitative estimate of drug-likeness (QED) is 0.650. The highest BCUT2D eigenvalue weighted by Crippen LogP contribution is 2.29. The number of anilines is 1. The molecule has 0 radical (unpaired) electrons. The van der Waals surface area contributed by atoms with E-state index in [1.165, 1.54) is 12.1 Å². The summed E-state index contributed by atoms with van der Waals surface area (Å²) in [5.74, 6) is 0. The van der Waals surface area contributed by atoms with Gasteiger partial charge in [-0.15, -0.1) is 0 Å². The molecule has 2 aromatic carbocycles. The van der Waals surface area contributed by atoms with Crippen LogP contribution in [0.2, 0.25) is 10.0 Å². The monoisotopic (exact) mass is 310 g/mol. The van der Waals surface area contributed by atoms with Crippen molar-refractivity contribution in [2.75, 3.05) is 11.9 Å². The first-order valence-corrected chi connectivity index (χ1v) is 6.75. The predicted molar refractivity (Wildman–Crippen MR) is 81.8 cm³/mol. The van der Waals surface area contributed by atoms with E-state index in [4.69, 9.17) is 23.2 Å². The molecule has 1 N–H and O–H groups in total. The number of non-ortho nitro benzene ring substituents is 1. The summed E-state index contributed by atoms with van der Waals surface area (Å²) in [5.41, 5.74) is 1.89. The first kappa shape index (κ1) is 14.6. The Labute approximate surface area is 126 Å². The second-order valence-corrected chi connectivity index (χ2v) is 4.99. The Balaban J connectivity index is 1.92. The van der Waals surface area contributed by atoms with Gasteiger partial charge >= 0.3 is 0 Å². The standard InChI is InChI=1S/C14H12Cl2N2O2/c15-12-2-1-3-13(14(12)16)17-9-8-10-4-6-11(7-5-10)18(19)20/h1-7,17H,8-9H2. The van der Waals surface area contributed by atoms with E-state index in [0.29, 0.717) is 16.6 Å². The zero-order chi connectivity index (χ0) is 14.5. The lowest BCUT2D eigenvalue weighted by atomic mass is 10.1. The Morgan fingerprint density at radius 1 is 1.10 bits per heavy atom. The molecule has 0 heterocycles. The van der Waals surface area contributed by atoms with E-state index in [1.807, 2.05) is 12.1 Å². The summed E-state index contributed by atoms with van der Waals surface area (Å²) in [6, 6.07) is 11.9. The van der Waals surface area contributed by atoms with Crippen LogP contribution in [-0.2, 0) is 6.42 Å². The van der Waals surface area contributed by atoms with Gasteiger partial charge in [0, 0.05) is 18.7 Å². The third-order valence-electron chi connectivity index (χ3n) is 2.83. The number of benzene rings is 2. The largest absolute Gasteiger partial charge is 0.383 e. The zero-order valence-corrected chi connectivity index (χ0v) is 12.0. The van der Waals surface area contributed by atoms with Crippen LogP contribution in [0.5, 0.6) is 0 Å². The smallest absolute Gasteiger partial charge is 0.269 e. The normalized spacial score (nSPS) is 10.3. The van der Waals surface area contributed by atoms with Crippen molar-refractivity contribution in [3.63, 3.8) is 0 Å². The fourth-order valence-electron chi connectivity index (χ4n) is 1.77. The van der Waals surface area contributed by atoms with Gasteiger partial charge in [0.1, 0.15) is 0 Å². The molecule has 0 aliphatic rings. The number of nitro groups is 1. The van der Waals surface area contributed by atoms with Crippen molar-refractivity contribution in [2.45, 2.75) is 6.42 Å². The molecular formula is C14H12Cl2N2O2. The maximum Gasteiger partial charge on any atom is 0.269 e. The lowest BCUT2D eigenvalue weighted by Gasteiger charge is -2.09. The molecular weight excluding hydrogens is 299 g/mol. The average Bonchev–Trinajstić information content (AvgIpc) is 2.44. The third kappa shape index (κ3) is 3.62. The molecule has 0 saturated carbocycles. The van der Waals surface area contributed by atoms with Gasteiger partial charge in [-0.1, -0.05) is 41.4 Å². The van der Waals surface area contributed by atoms with Gasteiger partial charge in [-0.2, -0.15) is 0 Å². The number of hydrogen-bond acceptors (Lipinski definition) is 3. The van der Waals surface area contributed by atoms with E-state index in [0.717, 1.165) is 17.7 Å². The van der Waals surface area contributed by atoms with Crippen molar-refractivity contribution >= 4 is 34.6 Å². The summed E-state index contributed by atoms with van der Waals surface area (Å²) in [6.07, 6.45) is 0.737. The molecule has 4 nitrogen and oxygen atoms in total. The number of rotatable bonds is 5. The summed E-state index contributed by atoms with van der Waals surface area (Å²) >= 11 is 12.0. The Kier molecular flexibility index (Phi) is 4.82. The third-order valence-corrected chi connectivity index (χ3v) is 3.65. The number of nitro benzene ring substituents is 1. The van der Waals surface area contributed by atoms with Gasteiger partial charge in [-0.3, -0.25) is 10.1 Å². The summed E-state index contributed by atoms with van der Waals surface area (Å²) in [4.78, 5) is 10.1. The van der Waals surface area contributed by atoms with Gasteiger partial charge in [-0.25, -0.2) is 0 Å². The van der Waals surface area contributed by atoms with Crippen LogP contribution in [0.3, 0.4) is 0 Å². The first-order chi connectivity index (χ1) is 9.58. The second-order valence-electron chi connectivity index (χ2n) is 4.20. The molecule has 20 heavy (non-hydrogen) atoms. The Hall–Kier alpha value is -1.78. The first-order valence-electron chi connectivity index (χ1n) is 5.99. The highest BCUT2D eigenvalue weighted by molar-refractivity contribution is 6.43. The molecule has 0 bridgehead atoms. The molecule has 0 aliphatic carbocycles. The van der Waals surface area contributed by atoms with Crippen molar-refractivity contribution in [1.29, 1.82) is 0 Å². The van der Waals surface area contributed by atoms with Gasteiger partial charge in [0.25, 0.3) is 5.69 Å². The molecule has 0 saturated heterocycles. The van der Waals surface area contributed by atoms with Crippen molar-refractivity contribution in [2.24, 2.45) is 0 Å². The van der Waals surface area contributed by atoms with Crippen LogP contribution in [0.1, 0.15) is 5.56 Å².